The summed E-state index contributed by atoms with van der Waals surface area (Å²) in [5.74, 6) is -0.936. The molecule has 5 rings (SSSR count). The second kappa shape index (κ2) is 7.80. The molecule has 0 spiro atoms. The highest BCUT2D eigenvalue weighted by molar-refractivity contribution is 5.99. The lowest BCUT2D eigenvalue weighted by atomic mass is 9.95. The van der Waals surface area contributed by atoms with E-state index in [9.17, 15) is 4.79 Å². The van der Waals surface area contributed by atoms with Gasteiger partial charge in [0.1, 0.15) is 5.69 Å². The van der Waals surface area contributed by atoms with Gasteiger partial charge in [0.15, 0.2) is 0 Å². The van der Waals surface area contributed by atoms with Gasteiger partial charge in [-0.3, -0.25) is 14.6 Å². The maximum absolute atomic E-state index is 10.8. The minimum absolute atomic E-state index is 0.551. The van der Waals surface area contributed by atoms with Crippen LogP contribution in [0.5, 0.6) is 0 Å². The number of pyridine rings is 2. The molecular formula is C25H22N4O2. The normalized spacial score (nSPS) is 13.2. The SMILES string of the molecule is Cc1cccc(-c2nn3c(c2-c2ccnc4ccc(CC=CC(=O)O)cc24)CCC3)n1. The fraction of sp³-hybridized carbons (Fsp3) is 0.200. The summed E-state index contributed by atoms with van der Waals surface area (Å²) in [7, 11) is 0. The Morgan fingerprint density at radius 1 is 1.23 bits per heavy atom. The summed E-state index contributed by atoms with van der Waals surface area (Å²) < 4.78 is 2.11. The Hall–Kier alpha value is -3.80. The number of aryl methyl sites for hydroxylation is 2. The topological polar surface area (TPSA) is 80.9 Å². The number of hydrogen-bond acceptors (Lipinski definition) is 4. The van der Waals surface area contributed by atoms with E-state index in [0.717, 1.165) is 64.1 Å². The van der Waals surface area contributed by atoms with Crippen molar-refractivity contribution in [3.8, 4) is 22.5 Å². The molecule has 6 heteroatoms. The van der Waals surface area contributed by atoms with E-state index >= 15 is 0 Å². The van der Waals surface area contributed by atoms with Gasteiger partial charge in [0, 0.05) is 41.2 Å². The summed E-state index contributed by atoms with van der Waals surface area (Å²) in [6, 6.07) is 14.2. The number of aromatic nitrogens is 4. The van der Waals surface area contributed by atoms with E-state index in [1.807, 2.05) is 43.5 Å². The first-order valence-corrected chi connectivity index (χ1v) is 10.4. The quantitative estimate of drug-likeness (QED) is 0.487. The zero-order valence-corrected chi connectivity index (χ0v) is 17.2. The van der Waals surface area contributed by atoms with Gasteiger partial charge in [-0.25, -0.2) is 4.79 Å². The minimum Gasteiger partial charge on any atom is -0.478 e. The molecule has 1 aliphatic rings. The average Bonchev–Trinajstić information content (AvgIpc) is 3.34. The number of fused-ring (bicyclic) bond motifs is 2. The van der Waals surface area contributed by atoms with Crippen molar-refractivity contribution in [2.24, 2.45) is 0 Å². The molecule has 3 aromatic heterocycles. The van der Waals surface area contributed by atoms with Gasteiger partial charge in [-0.1, -0.05) is 18.2 Å². The Morgan fingerprint density at radius 2 is 2.13 bits per heavy atom. The van der Waals surface area contributed by atoms with Crippen molar-refractivity contribution in [1.82, 2.24) is 19.7 Å². The minimum atomic E-state index is -0.936. The van der Waals surface area contributed by atoms with Gasteiger partial charge < -0.3 is 5.11 Å². The maximum Gasteiger partial charge on any atom is 0.327 e. The zero-order chi connectivity index (χ0) is 21.4. The lowest BCUT2D eigenvalue weighted by Crippen LogP contribution is -1.95. The molecule has 31 heavy (non-hydrogen) atoms. The number of benzene rings is 1. The second-order valence-corrected chi connectivity index (χ2v) is 7.82. The zero-order valence-electron chi connectivity index (χ0n) is 17.2. The fourth-order valence-electron chi connectivity index (χ4n) is 4.30. The average molecular weight is 410 g/mol. The first kappa shape index (κ1) is 19.2. The van der Waals surface area contributed by atoms with Crippen molar-refractivity contribution in [1.29, 1.82) is 0 Å². The van der Waals surface area contributed by atoms with Gasteiger partial charge in [-0.05, 0) is 67.6 Å². The molecule has 4 aromatic rings. The van der Waals surface area contributed by atoms with Gasteiger partial charge >= 0.3 is 5.97 Å². The number of allylic oxidation sites excluding steroid dienone is 1. The van der Waals surface area contributed by atoms with Crippen molar-refractivity contribution >= 4 is 16.9 Å². The molecule has 0 atom stereocenters. The lowest BCUT2D eigenvalue weighted by molar-refractivity contribution is -0.131. The predicted octanol–water partition coefficient (Wildman–Crippen LogP) is 4.60. The standard InChI is InChI=1S/C25H22N4O2/c1-16-5-2-7-21(27-16)25-24(22-8-4-14-29(22)28-25)18-12-13-26-20-11-10-17(15-19(18)20)6-3-9-23(30)31/h2-3,5,7,9-13,15H,4,6,8,14H2,1H3,(H,30,31). The summed E-state index contributed by atoms with van der Waals surface area (Å²) in [6.45, 7) is 2.91. The number of nitrogens with zero attached hydrogens (tertiary/aromatic N) is 4. The summed E-state index contributed by atoms with van der Waals surface area (Å²) in [4.78, 5) is 20.1. The van der Waals surface area contributed by atoms with Crippen LogP contribution in [0.3, 0.4) is 0 Å². The summed E-state index contributed by atoms with van der Waals surface area (Å²) in [5, 5.41) is 14.8. The van der Waals surface area contributed by atoms with Gasteiger partial charge in [-0.15, -0.1) is 0 Å². The van der Waals surface area contributed by atoms with E-state index in [1.165, 1.54) is 11.8 Å². The van der Waals surface area contributed by atoms with Crippen LogP contribution in [0.2, 0.25) is 0 Å². The lowest BCUT2D eigenvalue weighted by Gasteiger charge is -2.10. The third-order valence-corrected chi connectivity index (χ3v) is 5.66. The molecule has 154 valence electrons. The van der Waals surface area contributed by atoms with Crippen LogP contribution in [0.4, 0.5) is 0 Å². The number of hydrogen-bond donors (Lipinski definition) is 1. The Labute approximate surface area is 179 Å². The molecule has 0 aliphatic carbocycles. The summed E-state index contributed by atoms with van der Waals surface area (Å²) >= 11 is 0. The molecule has 0 fully saturated rings. The number of aliphatic carboxylic acids is 1. The van der Waals surface area contributed by atoms with Gasteiger partial charge in [0.25, 0.3) is 0 Å². The van der Waals surface area contributed by atoms with Crippen LogP contribution >= 0.6 is 0 Å². The maximum atomic E-state index is 10.8. The van der Waals surface area contributed by atoms with Crippen molar-refractivity contribution in [2.75, 3.05) is 0 Å². The van der Waals surface area contributed by atoms with E-state index in [0.29, 0.717) is 6.42 Å². The highest BCUT2D eigenvalue weighted by Crippen LogP contribution is 2.39. The predicted molar refractivity (Wildman–Crippen MR) is 120 cm³/mol. The third-order valence-electron chi connectivity index (χ3n) is 5.66. The van der Waals surface area contributed by atoms with Crippen LogP contribution in [0.1, 0.15) is 23.4 Å². The molecular weight excluding hydrogens is 388 g/mol. The third kappa shape index (κ3) is 3.61. The number of rotatable bonds is 5. The number of carboxylic acids is 1. The van der Waals surface area contributed by atoms with Crippen LogP contribution in [0.15, 0.2) is 60.8 Å². The van der Waals surface area contributed by atoms with E-state index in [4.69, 9.17) is 15.2 Å². The van der Waals surface area contributed by atoms with Gasteiger partial charge in [0.05, 0.1) is 11.2 Å². The molecule has 0 saturated heterocycles. The van der Waals surface area contributed by atoms with Gasteiger partial charge in [-0.2, -0.15) is 5.10 Å². The van der Waals surface area contributed by atoms with Crippen molar-refractivity contribution in [3.63, 3.8) is 0 Å². The highest BCUT2D eigenvalue weighted by atomic mass is 16.4. The Balaban J connectivity index is 1.70. The van der Waals surface area contributed by atoms with Crippen molar-refractivity contribution in [2.45, 2.75) is 32.7 Å². The first-order chi connectivity index (χ1) is 15.1. The highest BCUT2D eigenvalue weighted by Gasteiger charge is 2.25. The monoisotopic (exact) mass is 410 g/mol. The van der Waals surface area contributed by atoms with Crippen LogP contribution in [0.25, 0.3) is 33.4 Å². The number of carbonyl (C=O) groups is 1. The van der Waals surface area contributed by atoms with E-state index in [2.05, 4.69) is 21.8 Å². The summed E-state index contributed by atoms with van der Waals surface area (Å²) in [6.07, 6.45) is 7.31. The number of carboxylic acid groups (broad SMARTS) is 1. The molecule has 1 aromatic carbocycles. The first-order valence-electron chi connectivity index (χ1n) is 10.4. The van der Waals surface area contributed by atoms with E-state index in [-0.39, 0.29) is 0 Å². The molecule has 6 nitrogen and oxygen atoms in total. The second-order valence-electron chi connectivity index (χ2n) is 7.82. The summed E-state index contributed by atoms with van der Waals surface area (Å²) in [5.41, 5.74) is 8.15. The molecule has 4 heterocycles. The van der Waals surface area contributed by atoms with E-state index < -0.39 is 5.97 Å². The van der Waals surface area contributed by atoms with Crippen LogP contribution in [-0.4, -0.2) is 30.8 Å². The van der Waals surface area contributed by atoms with Gasteiger partial charge in [0.2, 0.25) is 0 Å². The molecule has 0 saturated carbocycles. The van der Waals surface area contributed by atoms with Crippen LogP contribution in [-0.2, 0) is 24.2 Å². The molecule has 0 radical (unpaired) electrons. The smallest absolute Gasteiger partial charge is 0.327 e. The van der Waals surface area contributed by atoms with Crippen molar-refractivity contribution in [3.05, 3.63) is 77.8 Å². The fourth-order valence-corrected chi connectivity index (χ4v) is 4.30. The van der Waals surface area contributed by atoms with Crippen LogP contribution < -0.4 is 0 Å². The molecule has 1 N–H and O–H groups in total. The Bertz CT molecular complexity index is 1340. The molecule has 0 unspecified atom stereocenters. The molecule has 1 aliphatic heterocycles. The Morgan fingerprint density at radius 3 is 2.97 bits per heavy atom. The van der Waals surface area contributed by atoms with Crippen LogP contribution in [0, 0.1) is 6.92 Å². The molecule has 0 bridgehead atoms. The molecule has 0 amide bonds. The van der Waals surface area contributed by atoms with E-state index in [1.54, 1.807) is 6.08 Å². The Kier molecular flexibility index (Phi) is 4.82. The largest absolute Gasteiger partial charge is 0.478 e. The van der Waals surface area contributed by atoms with Crippen molar-refractivity contribution < 1.29 is 9.90 Å².